The van der Waals surface area contributed by atoms with Crippen molar-refractivity contribution in [2.45, 2.75) is 58.2 Å². The van der Waals surface area contributed by atoms with Gasteiger partial charge in [-0.25, -0.2) is 0 Å². The van der Waals surface area contributed by atoms with Crippen LogP contribution in [0.15, 0.2) is 148 Å². The van der Waals surface area contributed by atoms with Crippen LogP contribution in [0.25, 0.3) is 0 Å². The van der Waals surface area contributed by atoms with Gasteiger partial charge in [0.1, 0.15) is 6.17 Å². The minimum Gasteiger partial charge on any atom is -0.360 e. The number of benzene rings is 4. The molecule has 0 spiro atoms. The second-order valence-electron chi connectivity index (χ2n) is 13.4. The molecule has 3 atom stereocenters. The average Bonchev–Trinajstić information content (AvgIpc) is 3.54. The number of nitrogens with one attached hydrogen (secondary N) is 1. The van der Waals surface area contributed by atoms with Crippen LogP contribution in [-0.4, -0.2) is 30.7 Å². The van der Waals surface area contributed by atoms with Crippen LogP contribution in [0.3, 0.4) is 0 Å². The van der Waals surface area contributed by atoms with E-state index >= 15 is 0 Å². The summed E-state index contributed by atoms with van der Waals surface area (Å²) in [5, 5.41) is 3.79. The zero-order valence-electron chi connectivity index (χ0n) is 27.9. The first-order chi connectivity index (χ1) is 23.6. The van der Waals surface area contributed by atoms with Gasteiger partial charge in [0.2, 0.25) is 0 Å². The number of hydrogen-bond acceptors (Lipinski definition) is 5. The fourth-order valence-corrected chi connectivity index (χ4v) is 7.72. The molecule has 5 heteroatoms. The Hall–Kier alpha value is -5.16. The second-order valence-corrected chi connectivity index (χ2v) is 13.4. The Morgan fingerprint density at radius 3 is 2.04 bits per heavy atom. The zero-order valence-corrected chi connectivity index (χ0v) is 27.9. The van der Waals surface area contributed by atoms with Crippen molar-refractivity contribution in [2.24, 2.45) is 15.9 Å². The number of nitrogens with zero attached hydrogens (tertiary/aromatic N) is 4. The Morgan fingerprint density at radius 2 is 1.40 bits per heavy atom. The van der Waals surface area contributed by atoms with Gasteiger partial charge in [0.25, 0.3) is 0 Å². The molecule has 0 fully saturated rings. The van der Waals surface area contributed by atoms with E-state index in [-0.39, 0.29) is 12.2 Å². The van der Waals surface area contributed by atoms with Gasteiger partial charge in [-0.1, -0.05) is 85.0 Å². The summed E-state index contributed by atoms with van der Waals surface area (Å²) in [7, 11) is 0. The molecule has 0 amide bonds. The lowest BCUT2D eigenvalue weighted by Crippen LogP contribution is -2.34. The van der Waals surface area contributed by atoms with Crippen LogP contribution in [0.5, 0.6) is 0 Å². The fourth-order valence-electron chi connectivity index (χ4n) is 7.72. The van der Waals surface area contributed by atoms with Crippen molar-refractivity contribution >= 4 is 40.4 Å². The highest BCUT2D eigenvalue weighted by Crippen LogP contribution is 2.44. The number of anilines is 5. The van der Waals surface area contributed by atoms with Crippen LogP contribution in [0, 0.1) is 19.8 Å². The van der Waals surface area contributed by atoms with Gasteiger partial charge in [-0.15, -0.1) is 0 Å². The summed E-state index contributed by atoms with van der Waals surface area (Å²) in [6.07, 6.45) is 14.4. The number of rotatable bonds is 7. The third-order valence-corrected chi connectivity index (χ3v) is 10.4. The largest absolute Gasteiger partial charge is 0.360 e. The smallest absolute Gasteiger partial charge is 0.126 e. The molecule has 2 aliphatic carbocycles. The molecule has 5 nitrogen and oxygen atoms in total. The summed E-state index contributed by atoms with van der Waals surface area (Å²) >= 11 is 0. The van der Waals surface area contributed by atoms with Gasteiger partial charge in [-0.2, -0.15) is 0 Å². The SMILES string of the molecule is Cc1ccccc1N(C1=CCC(C2=NCC(C3=CC=C(C4Nc5ccccc5N4c4ccccc4)CC3)N=C2)CC1)c1ccccc1C. The molecule has 2 heterocycles. The highest BCUT2D eigenvalue weighted by Gasteiger charge is 2.33. The first kappa shape index (κ1) is 30.2. The van der Waals surface area contributed by atoms with E-state index in [4.69, 9.17) is 9.98 Å². The monoisotopic (exact) mass is 629 g/mol. The van der Waals surface area contributed by atoms with Crippen LogP contribution in [0.2, 0.25) is 0 Å². The Balaban J connectivity index is 0.955. The Morgan fingerprint density at radius 1 is 0.729 bits per heavy atom. The highest BCUT2D eigenvalue weighted by atomic mass is 15.3. The molecule has 48 heavy (non-hydrogen) atoms. The van der Waals surface area contributed by atoms with Gasteiger partial charge < -0.3 is 15.1 Å². The van der Waals surface area contributed by atoms with E-state index in [2.05, 4.69) is 157 Å². The molecule has 0 aromatic heterocycles. The van der Waals surface area contributed by atoms with Crippen LogP contribution in [-0.2, 0) is 0 Å². The number of allylic oxidation sites excluding steroid dienone is 4. The molecule has 0 saturated heterocycles. The van der Waals surface area contributed by atoms with E-state index in [1.807, 2.05) is 0 Å². The normalized spacial score (nSPS) is 21.8. The maximum Gasteiger partial charge on any atom is 0.126 e. The molecule has 0 saturated carbocycles. The van der Waals surface area contributed by atoms with Gasteiger partial charge >= 0.3 is 0 Å². The van der Waals surface area contributed by atoms with Crippen LogP contribution < -0.4 is 15.1 Å². The summed E-state index contributed by atoms with van der Waals surface area (Å²) < 4.78 is 0. The Bertz CT molecular complexity index is 1920. The number of para-hydroxylation sites is 5. The predicted octanol–water partition coefficient (Wildman–Crippen LogP) is 10.3. The molecular formula is C43H43N5. The minimum atomic E-state index is 0.110. The maximum atomic E-state index is 5.14. The van der Waals surface area contributed by atoms with Crippen LogP contribution in [0.1, 0.15) is 43.2 Å². The molecular weight excluding hydrogens is 587 g/mol. The zero-order chi connectivity index (χ0) is 32.5. The first-order valence-electron chi connectivity index (χ1n) is 17.4. The summed E-state index contributed by atoms with van der Waals surface area (Å²) in [5.41, 5.74) is 14.0. The molecule has 8 rings (SSSR count). The second kappa shape index (κ2) is 13.2. The van der Waals surface area contributed by atoms with Crippen molar-refractivity contribution in [1.82, 2.24) is 0 Å². The van der Waals surface area contributed by atoms with Crippen molar-refractivity contribution in [3.8, 4) is 0 Å². The van der Waals surface area contributed by atoms with E-state index in [0.29, 0.717) is 5.92 Å². The number of aryl methyl sites for hydroxylation is 2. The lowest BCUT2D eigenvalue weighted by molar-refractivity contribution is 0.590. The molecule has 4 aliphatic rings. The van der Waals surface area contributed by atoms with Gasteiger partial charge in [0, 0.05) is 34.9 Å². The standard InChI is InChI=1S/C43H43N5/c1-30-12-6-9-17-40(30)47(41-18-10-7-13-31(41)2)36-26-24-33(25-27-36)39-29-44-38(28-45-39)32-20-22-34(23-21-32)43-46-37-16-8-11-19-42(37)48(43)35-14-4-3-5-15-35/h3-20,22,26,29,33,38,43,46H,21,23-25,27-28H2,1-2H3. The lowest BCUT2D eigenvalue weighted by atomic mass is 9.86. The van der Waals surface area contributed by atoms with Crippen LogP contribution in [0.4, 0.5) is 28.4 Å². The van der Waals surface area contributed by atoms with E-state index in [1.165, 1.54) is 62.1 Å². The lowest BCUT2D eigenvalue weighted by Gasteiger charge is -2.34. The quantitative estimate of drug-likeness (QED) is 0.221. The topological polar surface area (TPSA) is 43.2 Å². The molecule has 240 valence electrons. The Kier molecular flexibility index (Phi) is 8.27. The number of hydrogen-bond donors (Lipinski definition) is 1. The fraction of sp³-hybridized carbons (Fsp3) is 0.256. The molecule has 0 radical (unpaired) electrons. The molecule has 4 aromatic carbocycles. The van der Waals surface area contributed by atoms with E-state index in [1.54, 1.807) is 0 Å². The van der Waals surface area contributed by atoms with Gasteiger partial charge in [0.05, 0.1) is 29.7 Å². The Labute approximate surface area is 284 Å². The summed E-state index contributed by atoms with van der Waals surface area (Å²) in [6.45, 7) is 5.16. The van der Waals surface area contributed by atoms with Gasteiger partial charge in [0.15, 0.2) is 0 Å². The molecule has 2 aliphatic heterocycles. The number of aliphatic imine (C=N–C) groups is 2. The maximum absolute atomic E-state index is 5.14. The van der Waals surface area contributed by atoms with Crippen molar-refractivity contribution in [1.29, 1.82) is 0 Å². The highest BCUT2D eigenvalue weighted by molar-refractivity contribution is 6.32. The molecule has 0 bridgehead atoms. The molecule has 3 unspecified atom stereocenters. The summed E-state index contributed by atoms with van der Waals surface area (Å²) in [5.74, 6) is 0.417. The number of fused-ring (bicyclic) bond motifs is 1. The third kappa shape index (κ3) is 5.79. The van der Waals surface area contributed by atoms with Crippen molar-refractivity contribution < 1.29 is 0 Å². The van der Waals surface area contributed by atoms with E-state index in [9.17, 15) is 0 Å². The van der Waals surface area contributed by atoms with E-state index in [0.717, 1.165) is 38.6 Å². The first-order valence-corrected chi connectivity index (χ1v) is 17.4. The average molecular weight is 630 g/mol. The van der Waals surface area contributed by atoms with Crippen molar-refractivity contribution in [2.75, 3.05) is 21.7 Å². The van der Waals surface area contributed by atoms with Crippen LogP contribution >= 0.6 is 0 Å². The van der Waals surface area contributed by atoms with Gasteiger partial charge in [-0.05, 0) is 105 Å². The molecule has 4 aromatic rings. The molecule has 1 N–H and O–H groups in total. The third-order valence-electron chi connectivity index (χ3n) is 10.4. The van der Waals surface area contributed by atoms with Gasteiger partial charge in [-0.3, -0.25) is 9.98 Å². The van der Waals surface area contributed by atoms with Crippen molar-refractivity contribution in [3.63, 3.8) is 0 Å². The predicted molar refractivity (Wildman–Crippen MR) is 202 cm³/mol. The van der Waals surface area contributed by atoms with E-state index < -0.39 is 0 Å². The summed E-state index contributed by atoms with van der Waals surface area (Å²) in [4.78, 5) is 15.1. The minimum absolute atomic E-state index is 0.110. The summed E-state index contributed by atoms with van der Waals surface area (Å²) in [6, 6.07) is 36.9. The van der Waals surface area contributed by atoms with Crippen molar-refractivity contribution in [3.05, 3.63) is 149 Å².